The first kappa shape index (κ1) is 21.7. The number of benzene rings is 1. The van der Waals surface area contributed by atoms with E-state index >= 15 is 0 Å². The van der Waals surface area contributed by atoms with Crippen molar-refractivity contribution in [1.29, 1.82) is 0 Å². The monoisotopic (exact) mass is 362 g/mol. The van der Waals surface area contributed by atoms with Gasteiger partial charge in [0.2, 0.25) is 0 Å². The average molecular weight is 363 g/mol. The highest BCUT2D eigenvalue weighted by Crippen LogP contribution is 2.31. The highest BCUT2D eigenvalue weighted by Gasteiger charge is 2.31. The number of hydrogen-bond donors (Lipinski definition) is 0. The number of rotatable bonds is 12. The van der Waals surface area contributed by atoms with Crippen LogP contribution in [0.25, 0.3) is 0 Å². The first-order valence-corrected chi connectivity index (χ1v) is 16.5. The van der Waals surface area contributed by atoms with Crippen molar-refractivity contribution in [2.24, 2.45) is 0 Å². The molecule has 24 heavy (non-hydrogen) atoms. The largest absolute Gasteiger partial charge is 0.0836 e. The van der Waals surface area contributed by atoms with Gasteiger partial charge in [0.25, 0.3) is 0 Å². The van der Waals surface area contributed by atoms with Crippen LogP contribution in [0, 0.1) is 0 Å². The molecule has 0 fully saturated rings. The highest BCUT2D eigenvalue weighted by atomic mass is 28.3. The SMILES string of the molecule is CCCCCCCCCC(CC)[Si](C)(C)c1ccc([SiH](C)C)cc1. The van der Waals surface area contributed by atoms with E-state index < -0.39 is 16.9 Å². The average Bonchev–Trinajstić information content (AvgIpc) is 2.57. The maximum absolute atomic E-state index is 2.60. The van der Waals surface area contributed by atoms with E-state index in [1.54, 1.807) is 10.4 Å². The predicted octanol–water partition coefficient (Wildman–Crippen LogP) is 6.22. The predicted molar refractivity (Wildman–Crippen MR) is 119 cm³/mol. The molecule has 0 amide bonds. The number of unbranched alkanes of at least 4 members (excludes halogenated alkanes) is 6. The zero-order valence-corrected chi connectivity index (χ0v) is 19.5. The summed E-state index contributed by atoms with van der Waals surface area (Å²) in [6.07, 6.45) is 12.8. The molecule has 0 radical (unpaired) electrons. The Morgan fingerprint density at radius 3 is 1.88 bits per heavy atom. The van der Waals surface area contributed by atoms with Crippen LogP contribution in [0.1, 0.15) is 71.6 Å². The van der Waals surface area contributed by atoms with Crippen molar-refractivity contribution in [2.45, 2.75) is 103 Å². The molecule has 1 rings (SSSR count). The van der Waals surface area contributed by atoms with E-state index in [9.17, 15) is 0 Å². The fourth-order valence-electron chi connectivity index (χ4n) is 3.96. The summed E-state index contributed by atoms with van der Waals surface area (Å²) in [6, 6.07) is 9.81. The van der Waals surface area contributed by atoms with Gasteiger partial charge in [-0.3, -0.25) is 0 Å². The normalized spacial score (nSPS) is 13.5. The Morgan fingerprint density at radius 1 is 0.833 bits per heavy atom. The molecule has 2 heteroatoms. The lowest BCUT2D eigenvalue weighted by Crippen LogP contribution is -2.46. The van der Waals surface area contributed by atoms with E-state index in [0.717, 1.165) is 5.54 Å². The summed E-state index contributed by atoms with van der Waals surface area (Å²) >= 11 is 0. The van der Waals surface area contributed by atoms with Gasteiger partial charge in [0.15, 0.2) is 0 Å². The molecule has 0 aliphatic heterocycles. The highest BCUT2D eigenvalue weighted by molar-refractivity contribution is 6.91. The molecule has 1 atom stereocenters. The van der Waals surface area contributed by atoms with Crippen molar-refractivity contribution in [2.75, 3.05) is 0 Å². The Morgan fingerprint density at radius 2 is 1.38 bits per heavy atom. The van der Waals surface area contributed by atoms with Crippen LogP contribution in [0.4, 0.5) is 0 Å². The maximum Gasteiger partial charge on any atom is 0.0836 e. The lowest BCUT2D eigenvalue weighted by atomic mass is 10.1. The molecule has 138 valence electrons. The summed E-state index contributed by atoms with van der Waals surface area (Å²) in [7, 11) is -1.99. The van der Waals surface area contributed by atoms with Gasteiger partial charge in [-0.15, -0.1) is 0 Å². The van der Waals surface area contributed by atoms with Crippen LogP contribution in [0.3, 0.4) is 0 Å². The van der Waals surface area contributed by atoms with Gasteiger partial charge in [-0.1, -0.05) is 132 Å². The summed E-state index contributed by atoms with van der Waals surface area (Å²) in [5, 5.41) is 3.29. The molecule has 1 aromatic rings. The van der Waals surface area contributed by atoms with Crippen molar-refractivity contribution in [3.8, 4) is 0 Å². The van der Waals surface area contributed by atoms with E-state index in [-0.39, 0.29) is 0 Å². The third kappa shape index (κ3) is 6.88. The van der Waals surface area contributed by atoms with Gasteiger partial charge in [-0.2, -0.15) is 0 Å². The van der Waals surface area contributed by atoms with Crippen molar-refractivity contribution in [3.63, 3.8) is 0 Å². The summed E-state index contributed by atoms with van der Waals surface area (Å²) in [6.45, 7) is 14.8. The van der Waals surface area contributed by atoms with E-state index in [4.69, 9.17) is 0 Å². The quantitative estimate of drug-likeness (QED) is 0.306. The first-order chi connectivity index (χ1) is 11.4. The molecule has 0 saturated heterocycles. The maximum atomic E-state index is 2.60. The first-order valence-electron chi connectivity index (χ1n) is 10.5. The molecule has 0 aliphatic rings. The Labute approximate surface area is 155 Å². The second-order valence-corrected chi connectivity index (χ2v) is 16.3. The summed E-state index contributed by atoms with van der Waals surface area (Å²) in [5.41, 5.74) is 0.940. The van der Waals surface area contributed by atoms with Crippen molar-refractivity contribution in [3.05, 3.63) is 24.3 Å². The smallest absolute Gasteiger partial charge is 0.0682 e. The molecule has 0 bridgehead atoms. The van der Waals surface area contributed by atoms with Crippen molar-refractivity contribution in [1.82, 2.24) is 0 Å². The van der Waals surface area contributed by atoms with Crippen molar-refractivity contribution >= 4 is 27.2 Å². The van der Waals surface area contributed by atoms with Gasteiger partial charge in [-0.05, 0) is 5.54 Å². The molecule has 0 spiro atoms. The second-order valence-electron chi connectivity index (χ2n) is 8.51. The topological polar surface area (TPSA) is 0 Å². The Kier molecular flexibility index (Phi) is 10.2. The summed E-state index contributed by atoms with van der Waals surface area (Å²) < 4.78 is 0. The van der Waals surface area contributed by atoms with Crippen LogP contribution in [-0.2, 0) is 0 Å². The third-order valence-electron chi connectivity index (χ3n) is 5.99. The van der Waals surface area contributed by atoms with E-state index in [2.05, 4.69) is 64.3 Å². The fourth-order valence-corrected chi connectivity index (χ4v) is 8.36. The Hall–Kier alpha value is -0.346. The van der Waals surface area contributed by atoms with Crippen LogP contribution in [-0.4, -0.2) is 16.9 Å². The Balaban J connectivity index is 2.52. The second kappa shape index (κ2) is 11.3. The van der Waals surface area contributed by atoms with Gasteiger partial charge >= 0.3 is 0 Å². The third-order valence-corrected chi connectivity index (χ3v) is 12.3. The zero-order chi connectivity index (χ0) is 18.0. The standard InChI is InChI=1S/C22H42Si2/c1-7-9-10-11-12-13-14-15-21(8-2)24(5,6)22-18-16-20(17-19-22)23(3)4/h16-19,21,23H,7-15H2,1-6H3. The summed E-state index contributed by atoms with van der Waals surface area (Å²) in [5.74, 6) is 0. The minimum absolute atomic E-state index is 0.655. The van der Waals surface area contributed by atoms with Crippen LogP contribution in [0.2, 0.25) is 31.7 Å². The summed E-state index contributed by atoms with van der Waals surface area (Å²) in [4.78, 5) is 0. The van der Waals surface area contributed by atoms with Gasteiger partial charge in [0.05, 0.1) is 16.9 Å². The van der Waals surface area contributed by atoms with Gasteiger partial charge < -0.3 is 0 Å². The van der Waals surface area contributed by atoms with E-state index in [0.29, 0.717) is 0 Å². The molecular formula is C22H42Si2. The number of hydrogen-bond acceptors (Lipinski definition) is 0. The van der Waals surface area contributed by atoms with Crippen LogP contribution in [0.5, 0.6) is 0 Å². The lowest BCUT2D eigenvalue weighted by Gasteiger charge is -2.33. The molecule has 0 nitrogen and oxygen atoms in total. The van der Waals surface area contributed by atoms with Gasteiger partial charge in [0, 0.05) is 0 Å². The lowest BCUT2D eigenvalue weighted by molar-refractivity contribution is 0.557. The molecule has 0 saturated carbocycles. The molecule has 1 unspecified atom stereocenters. The minimum Gasteiger partial charge on any atom is -0.0682 e. The van der Waals surface area contributed by atoms with E-state index in [1.807, 2.05) is 0 Å². The van der Waals surface area contributed by atoms with Crippen LogP contribution < -0.4 is 10.4 Å². The van der Waals surface area contributed by atoms with Crippen LogP contribution >= 0.6 is 0 Å². The molecule has 0 aliphatic carbocycles. The molecule has 0 heterocycles. The minimum atomic E-state index is -1.33. The van der Waals surface area contributed by atoms with E-state index in [1.165, 1.54) is 57.8 Å². The molecule has 1 aromatic carbocycles. The zero-order valence-electron chi connectivity index (χ0n) is 17.3. The van der Waals surface area contributed by atoms with Crippen molar-refractivity contribution < 1.29 is 0 Å². The van der Waals surface area contributed by atoms with Gasteiger partial charge in [0.1, 0.15) is 0 Å². The molecular weight excluding hydrogens is 320 g/mol. The fraction of sp³-hybridized carbons (Fsp3) is 0.727. The molecule has 0 N–H and O–H groups in total. The van der Waals surface area contributed by atoms with Crippen LogP contribution in [0.15, 0.2) is 24.3 Å². The molecule has 0 aromatic heterocycles. The van der Waals surface area contributed by atoms with Gasteiger partial charge in [-0.25, -0.2) is 0 Å². The Bertz CT molecular complexity index is 434.